The second-order valence-electron chi connectivity index (χ2n) is 5.71. The molecule has 118 valence electrons. The summed E-state index contributed by atoms with van der Waals surface area (Å²) in [5.41, 5.74) is 0.970. The smallest absolute Gasteiger partial charge is 0.162 e. The fraction of sp³-hybridized carbons (Fsp3) is 0.647. The molecule has 1 atom stereocenters. The monoisotopic (exact) mass is 292 g/mol. The van der Waals surface area contributed by atoms with Gasteiger partial charge in [0.25, 0.3) is 0 Å². The van der Waals surface area contributed by atoms with Crippen LogP contribution in [0.3, 0.4) is 0 Å². The van der Waals surface area contributed by atoms with Crippen LogP contribution in [0.5, 0.6) is 11.5 Å². The molecule has 0 radical (unpaired) electrons. The Balaban J connectivity index is 2.06. The van der Waals surface area contributed by atoms with Gasteiger partial charge in [0.1, 0.15) is 0 Å². The molecule has 1 aromatic rings. The van der Waals surface area contributed by atoms with Gasteiger partial charge in [0.2, 0.25) is 0 Å². The van der Waals surface area contributed by atoms with E-state index >= 15 is 0 Å². The summed E-state index contributed by atoms with van der Waals surface area (Å²) >= 11 is 0. The number of phenols is 1. The lowest BCUT2D eigenvalue weighted by Gasteiger charge is -2.36. The van der Waals surface area contributed by atoms with Gasteiger partial charge in [-0.25, -0.2) is 0 Å². The Hall–Kier alpha value is -1.26. The number of piperidine rings is 1. The van der Waals surface area contributed by atoms with Crippen molar-refractivity contribution >= 4 is 0 Å². The Morgan fingerprint density at radius 1 is 1.38 bits per heavy atom. The fourth-order valence-electron chi connectivity index (χ4n) is 3.09. The van der Waals surface area contributed by atoms with E-state index in [1.165, 1.54) is 25.7 Å². The highest BCUT2D eigenvalue weighted by molar-refractivity contribution is 5.45. The Morgan fingerprint density at radius 3 is 3.00 bits per heavy atom. The first-order valence-corrected chi connectivity index (χ1v) is 8.08. The van der Waals surface area contributed by atoms with Crippen LogP contribution >= 0.6 is 0 Å². The van der Waals surface area contributed by atoms with Crippen LogP contribution in [0.15, 0.2) is 18.2 Å². The second-order valence-corrected chi connectivity index (χ2v) is 5.71. The number of hydrogen-bond acceptors (Lipinski definition) is 4. The van der Waals surface area contributed by atoms with Crippen molar-refractivity contribution in [3.8, 4) is 11.5 Å². The van der Waals surface area contributed by atoms with Crippen molar-refractivity contribution in [3.63, 3.8) is 0 Å². The molecule has 1 unspecified atom stereocenters. The number of hydrogen-bond donors (Lipinski definition) is 2. The van der Waals surface area contributed by atoms with Crippen LogP contribution in [-0.4, -0.2) is 42.8 Å². The molecule has 0 saturated carbocycles. The number of nitrogens with zero attached hydrogens (tertiary/aromatic N) is 1. The summed E-state index contributed by atoms with van der Waals surface area (Å²) in [6, 6.07) is 6.41. The van der Waals surface area contributed by atoms with E-state index in [0.717, 1.165) is 25.2 Å². The van der Waals surface area contributed by atoms with Gasteiger partial charge in [-0.3, -0.25) is 4.90 Å². The number of para-hydroxylation sites is 1. The highest BCUT2D eigenvalue weighted by atomic mass is 16.5. The Labute approximate surface area is 128 Å². The minimum absolute atomic E-state index is 0.303. The van der Waals surface area contributed by atoms with E-state index in [4.69, 9.17) is 4.74 Å². The molecule has 1 aliphatic heterocycles. The zero-order valence-corrected chi connectivity index (χ0v) is 13.3. The van der Waals surface area contributed by atoms with Crippen LogP contribution in [0.25, 0.3) is 0 Å². The van der Waals surface area contributed by atoms with E-state index in [2.05, 4.69) is 10.2 Å². The highest BCUT2D eigenvalue weighted by Crippen LogP contribution is 2.32. The van der Waals surface area contributed by atoms with Crippen molar-refractivity contribution in [3.05, 3.63) is 23.8 Å². The predicted octanol–water partition coefficient (Wildman–Crippen LogP) is 2.75. The fourth-order valence-corrected chi connectivity index (χ4v) is 3.09. The molecular formula is C17H28N2O2. The molecule has 4 heteroatoms. The van der Waals surface area contributed by atoms with Crippen LogP contribution in [0, 0.1) is 0 Å². The maximum atomic E-state index is 10.3. The lowest BCUT2D eigenvalue weighted by atomic mass is 9.98. The standard InChI is InChI=1S/C17H28N2O2/c1-3-21-16-9-6-7-14(17(16)20)13-19-12-5-4-8-15(19)10-11-18-2/h6-7,9,15,18,20H,3-5,8,10-13H2,1-2H3. The van der Waals surface area contributed by atoms with Gasteiger partial charge in [-0.1, -0.05) is 18.6 Å². The molecule has 1 fully saturated rings. The first-order chi connectivity index (χ1) is 10.3. The van der Waals surface area contributed by atoms with Gasteiger partial charge in [-0.05, 0) is 52.4 Å². The minimum atomic E-state index is 0.303. The molecule has 0 spiro atoms. The van der Waals surface area contributed by atoms with Crippen LogP contribution in [0.2, 0.25) is 0 Å². The van der Waals surface area contributed by atoms with Gasteiger partial charge in [0.15, 0.2) is 11.5 Å². The van der Waals surface area contributed by atoms with Crippen molar-refractivity contribution in [2.24, 2.45) is 0 Å². The molecule has 4 nitrogen and oxygen atoms in total. The maximum absolute atomic E-state index is 10.3. The zero-order valence-electron chi connectivity index (χ0n) is 13.3. The van der Waals surface area contributed by atoms with Crippen molar-refractivity contribution in [2.75, 3.05) is 26.7 Å². The summed E-state index contributed by atoms with van der Waals surface area (Å²) in [5.74, 6) is 0.899. The van der Waals surface area contributed by atoms with Gasteiger partial charge in [-0.2, -0.15) is 0 Å². The average Bonchev–Trinajstić information content (AvgIpc) is 2.50. The van der Waals surface area contributed by atoms with Crippen molar-refractivity contribution in [2.45, 2.75) is 45.2 Å². The number of aromatic hydroxyl groups is 1. The predicted molar refractivity (Wildman–Crippen MR) is 85.9 cm³/mol. The van der Waals surface area contributed by atoms with Gasteiger partial charge in [0, 0.05) is 18.2 Å². The topological polar surface area (TPSA) is 44.7 Å². The molecular weight excluding hydrogens is 264 g/mol. The van der Waals surface area contributed by atoms with E-state index in [-0.39, 0.29) is 0 Å². The Bertz CT molecular complexity index is 437. The van der Waals surface area contributed by atoms with Gasteiger partial charge >= 0.3 is 0 Å². The van der Waals surface area contributed by atoms with Gasteiger partial charge in [0.05, 0.1) is 6.61 Å². The summed E-state index contributed by atoms with van der Waals surface area (Å²) in [7, 11) is 2.00. The molecule has 2 N–H and O–H groups in total. The molecule has 0 bridgehead atoms. The third kappa shape index (κ3) is 4.35. The maximum Gasteiger partial charge on any atom is 0.162 e. The lowest BCUT2D eigenvalue weighted by molar-refractivity contribution is 0.131. The van der Waals surface area contributed by atoms with E-state index in [1.54, 1.807) is 0 Å². The average molecular weight is 292 g/mol. The van der Waals surface area contributed by atoms with Crippen molar-refractivity contribution < 1.29 is 9.84 Å². The molecule has 0 aromatic heterocycles. The van der Waals surface area contributed by atoms with Crippen molar-refractivity contribution in [1.29, 1.82) is 0 Å². The quantitative estimate of drug-likeness (QED) is 0.811. The lowest BCUT2D eigenvalue weighted by Crippen LogP contribution is -2.40. The van der Waals surface area contributed by atoms with E-state index in [9.17, 15) is 5.11 Å². The molecule has 21 heavy (non-hydrogen) atoms. The molecule has 1 saturated heterocycles. The molecule has 0 amide bonds. The van der Waals surface area contributed by atoms with Gasteiger partial charge in [-0.15, -0.1) is 0 Å². The van der Waals surface area contributed by atoms with Gasteiger partial charge < -0.3 is 15.2 Å². The number of phenolic OH excluding ortho intramolecular Hbond substituents is 1. The first kappa shape index (κ1) is 16.1. The summed E-state index contributed by atoms with van der Waals surface area (Å²) in [6.07, 6.45) is 4.99. The highest BCUT2D eigenvalue weighted by Gasteiger charge is 2.23. The molecule has 0 aliphatic carbocycles. The van der Waals surface area contributed by atoms with Crippen molar-refractivity contribution in [1.82, 2.24) is 10.2 Å². The summed E-state index contributed by atoms with van der Waals surface area (Å²) in [6.45, 7) is 5.48. The van der Waals surface area contributed by atoms with Crippen LogP contribution in [-0.2, 0) is 6.54 Å². The number of rotatable bonds is 7. The minimum Gasteiger partial charge on any atom is -0.504 e. The van der Waals surface area contributed by atoms with Crippen LogP contribution in [0.1, 0.15) is 38.2 Å². The first-order valence-electron chi connectivity index (χ1n) is 8.08. The Morgan fingerprint density at radius 2 is 2.24 bits per heavy atom. The summed E-state index contributed by atoms with van der Waals surface area (Å²) < 4.78 is 5.48. The van der Waals surface area contributed by atoms with E-state index in [0.29, 0.717) is 24.1 Å². The molecule has 1 aliphatic rings. The third-order valence-electron chi connectivity index (χ3n) is 4.23. The van der Waals surface area contributed by atoms with Crippen LogP contribution in [0.4, 0.5) is 0 Å². The van der Waals surface area contributed by atoms with E-state index in [1.807, 2.05) is 32.2 Å². The molecule has 2 rings (SSSR count). The normalized spacial score (nSPS) is 19.6. The third-order valence-corrected chi connectivity index (χ3v) is 4.23. The number of benzene rings is 1. The Kier molecular flexibility index (Phi) is 6.33. The second kappa shape index (κ2) is 8.25. The number of likely N-dealkylation sites (tertiary alicyclic amines) is 1. The number of nitrogens with one attached hydrogen (secondary N) is 1. The van der Waals surface area contributed by atoms with Crippen LogP contribution < -0.4 is 10.1 Å². The molecule has 1 heterocycles. The summed E-state index contributed by atoms with van der Waals surface area (Å²) in [5, 5.41) is 13.6. The van der Waals surface area contributed by atoms with E-state index < -0.39 is 0 Å². The number of ether oxygens (including phenoxy) is 1. The molecule has 1 aromatic carbocycles. The SMILES string of the molecule is CCOc1cccc(CN2CCCCC2CCNC)c1O. The zero-order chi connectivity index (χ0) is 15.1. The largest absolute Gasteiger partial charge is 0.504 e. The summed E-state index contributed by atoms with van der Waals surface area (Å²) in [4.78, 5) is 2.51.